The van der Waals surface area contributed by atoms with Gasteiger partial charge in [0.2, 0.25) is 0 Å². The second kappa shape index (κ2) is 3.82. The first kappa shape index (κ1) is 10.2. The predicted octanol–water partition coefficient (Wildman–Crippen LogP) is 3.21. The van der Waals surface area contributed by atoms with Gasteiger partial charge in [-0.3, -0.25) is 4.98 Å². The van der Waals surface area contributed by atoms with Crippen LogP contribution in [0.3, 0.4) is 0 Å². The maximum absolute atomic E-state index is 13.1. The van der Waals surface area contributed by atoms with E-state index in [1.807, 2.05) is 12.1 Å². The van der Waals surface area contributed by atoms with Crippen molar-refractivity contribution in [1.29, 1.82) is 0 Å². The molecule has 0 aliphatic heterocycles. The minimum absolute atomic E-state index is 0.395. The van der Waals surface area contributed by atoms with E-state index in [1.165, 1.54) is 6.07 Å². The number of halogens is 2. The lowest BCUT2D eigenvalue weighted by atomic mass is 10.2. The number of aromatic nitrogens is 3. The Hall–Kier alpha value is -1.94. The number of benzene rings is 1. The molecule has 1 aromatic carbocycles. The van der Waals surface area contributed by atoms with Crippen molar-refractivity contribution >= 4 is 22.5 Å². The van der Waals surface area contributed by atoms with Crippen molar-refractivity contribution in [2.24, 2.45) is 0 Å². The zero-order valence-corrected chi connectivity index (χ0v) is 9.39. The smallest absolute Gasteiger partial charge is 0.143 e. The molecule has 17 heavy (non-hydrogen) atoms. The zero-order chi connectivity index (χ0) is 11.8. The number of hydrogen-bond donors (Lipinski definition) is 0. The summed E-state index contributed by atoms with van der Waals surface area (Å²) in [6.45, 7) is 0. The van der Waals surface area contributed by atoms with Gasteiger partial charge in [-0.05, 0) is 12.1 Å². The highest BCUT2D eigenvalue weighted by Gasteiger charge is 2.07. The molecule has 5 heteroatoms. The topological polar surface area (TPSA) is 30.7 Å². The number of hydrogen-bond acceptors (Lipinski definition) is 2. The molecule has 0 aliphatic rings. The highest BCUT2D eigenvalue weighted by atomic mass is 35.5. The largest absolute Gasteiger partial charge is 0.259 e. The van der Waals surface area contributed by atoms with Gasteiger partial charge in [-0.1, -0.05) is 17.7 Å². The Labute approximate surface area is 101 Å². The van der Waals surface area contributed by atoms with E-state index in [2.05, 4.69) is 10.1 Å². The van der Waals surface area contributed by atoms with Crippen LogP contribution in [-0.2, 0) is 0 Å². The van der Waals surface area contributed by atoms with E-state index < -0.39 is 5.82 Å². The molecular weight excluding hydrogens is 241 g/mol. The molecule has 0 atom stereocenters. The van der Waals surface area contributed by atoms with Crippen LogP contribution in [0, 0.1) is 5.82 Å². The summed E-state index contributed by atoms with van der Waals surface area (Å²) in [5, 5.41) is 5.65. The summed E-state index contributed by atoms with van der Waals surface area (Å²) in [4.78, 5) is 3.80. The molecule has 0 aliphatic carbocycles. The van der Waals surface area contributed by atoms with Crippen molar-refractivity contribution in [3.63, 3.8) is 0 Å². The Morgan fingerprint density at radius 1 is 1.18 bits per heavy atom. The summed E-state index contributed by atoms with van der Waals surface area (Å²) in [7, 11) is 0. The third kappa shape index (κ3) is 1.66. The van der Waals surface area contributed by atoms with Crippen LogP contribution in [-0.4, -0.2) is 14.8 Å². The summed E-state index contributed by atoms with van der Waals surface area (Å²) >= 11 is 6.05. The van der Waals surface area contributed by atoms with Crippen LogP contribution in [0.2, 0.25) is 5.02 Å². The lowest BCUT2D eigenvalue weighted by Gasteiger charge is -2.02. The van der Waals surface area contributed by atoms with E-state index in [1.54, 1.807) is 23.1 Å². The van der Waals surface area contributed by atoms with E-state index in [9.17, 15) is 4.39 Å². The van der Waals surface area contributed by atoms with E-state index in [0.717, 1.165) is 17.1 Å². The van der Waals surface area contributed by atoms with Gasteiger partial charge >= 0.3 is 0 Å². The average molecular weight is 248 g/mol. The number of fused-ring (bicyclic) bond motifs is 1. The highest BCUT2D eigenvalue weighted by Crippen LogP contribution is 2.24. The van der Waals surface area contributed by atoms with Gasteiger partial charge in [-0.25, -0.2) is 9.07 Å². The molecule has 3 aromatic rings. The van der Waals surface area contributed by atoms with Crippen LogP contribution < -0.4 is 0 Å². The fourth-order valence-electron chi connectivity index (χ4n) is 1.74. The van der Waals surface area contributed by atoms with Gasteiger partial charge in [-0.15, -0.1) is 0 Å². The number of rotatable bonds is 1. The predicted molar refractivity (Wildman–Crippen MR) is 63.8 cm³/mol. The standard InChI is InChI=1S/C12H7ClFN3/c13-11-2-1-3-12-10(11)7-16-17(12)9-4-8(14)5-15-6-9/h1-7H. The van der Waals surface area contributed by atoms with Crippen LogP contribution in [0.5, 0.6) is 0 Å². The fraction of sp³-hybridized carbons (Fsp3) is 0. The maximum atomic E-state index is 13.1. The molecule has 0 spiro atoms. The molecule has 84 valence electrons. The van der Waals surface area contributed by atoms with Crippen LogP contribution in [0.4, 0.5) is 4.39 Å². The van der Waals surface area contributed by atoms with Crippen LogP contribution in [0.1, 0.15) is 0 Å². The third-order valence-corrected chi connectivity index (χ3v) is 2.82. The first-order valence-corrected chi connectivity index (χ1v) is 5.37. The van der Waals surface area contributed by atoms with E-state index in [4.69, 9.17) is 11.6 Å². The number of nitrogens with zero attached hydrogens (tertiary/aromatic N) is 3. The molecule has 2 heterocycles. The van der Waals surface area contributed by atoms with Gasteiger partial charge < -0.3 is 0 Å². The summed E-state index contributed by atoms with van der Waals surface area (Å²) < 4.78 is 14.7. The molecular formula is C12H7ClFN3. The molecule has 0 N–H and O–H groups in total. The van der Waals surface area contributed by atoms with E-state index in [0.29, 0.717) is 10.7 Å². The molecule has 0 unspecified atom stereocenters. The van der Waals surface area contributed by atoms with Gasteiger partial charge in [0.15, 0.2) is 0 Å². The van der Waals surface area contributed by atoms with Crippen LogP contribution >= 0.6 is 11.6 Å². The Balaban J connectivity index is 2.28. The van der Waals surface area contributed by atoms with Gasteiger partial charge in [-0.2, -0.15) is 5.10 Å². The Morgan fingerprint density at radius 3 is 2.88 bits per heavy atom. The van der Waals surface area contributed by atoms with Gasteiger partial charge in [0, 0.05) is 11.5 Å². The molecule has 2 aromatic heterocycles. The summed E-state index contributed by atoms with van der Waals surface area (Å²) in [5.41, 5.74) is 1.40. The highest BCUT2D eigenvalue weighted by molar-refractivity contribution is 6.35. The van der Waals surface area contributed by atoms with Crippen molar-refractivity contribution in [3.8, 4) is 5.69 Å². The minimum Gasteiger partial charge on any atom is -0.259 e. The second-order valence-electron chi connectivity index (χ2n) is 3.59. The Bertz CT molecular complexity index is 693. The zero-order valence-electron chi connectivity index (χ0n) is 8.64. The molecule has 0 bridgehead atoms. The second-order valence-corrected chi connectivity index (χ2v) is 4.00. The van der Waals surface area contributed by atoms with Gasteiger partial charge in [0.05, 0.1) is 34.8 Å². The third-order valence-electron chi connectivity index (χ3n) is 2.50. The summed E-state index contributed by atoms with van der Waals surface area (Å²) in [6, 6.07) is 6.87. The monoisotopic (exact) mass is 247 g/mol. The van der Waals surface area contributed by atoms with Gasteiger partial charge in [0.25, 0.3) is 0 Å². The maximum Gasteiger partial charge on any atom is 0.143 e. The first-order chi connectivity index (χ1) is 8.25. The Morgan fingerprint density at radius 2 is 2.06 bits per heavy atom. The van der Waals surface area contributed by atoms with Crippen molar-refractivity contribution in [1.82, 2.24) is 14.8 Å². The average Bonchev–Trinajstić information content (AvgIpc) is 2.74. The molecule has 0 saturated heterocycles. The first-order valence-electron chi connectivity index (χ1n) is 4.99. The Kier molecular flexibility index (Phi) is 2.30. The molecule has 0 fully saturated rings. The molecule has 0 amide bonds. The van der Waals surface area contributed by atoms with Crippen molar-refractivity contribution < 1.29 is 4.39 Å². The van der Waals surface area contributed by atoms with Gasteiger partial charge in [0.1, 0.15) is 5.82 Å². The van der Waals surface area contributed by atoms with Crippen molar-refractivity contribution in [3.05, 3.63) is 53.7 Å². The fourth-order valence-corrected chi connectivity index (χ4v) is 1.96. The SMILES string of the molecule is Fc1cncc(-n2ncc3c(Cl)cccc32)c1. The van der Waals surface area contributed by atoms with Crippen LogP contribution in [0.25, 0.3) is 16.6 Å². The lowest BCUT2D eigenvalue weighted by Crippen LogP contribution is -1.97. The quantitative estimate of drug-likeness (QED) is 0.661. The molecule has 0 radical (unpaired) electrons. The summed E-state index contributed by atoms with van der Waals surface area (Å²) in [5.74, 6) is -0.395. The van der Waals surface area contributed by atoms with Crippen LogP contribution in [0.15, 0.2) is 42.9 Å². The minimum atomic E-state index is -0.395. The van der Waals surface area contributed by atoms with E-state index >= 15 is 0 Å². The van der Waals surface area contributed by atoms with E-state index in [-0.39, 0.29) is 0 Å². The number of pyridine rings is 1. The van der Waals surface area contributed by atoms with Crippen molar-refractivity contribution in [2.75, 3.05) is 0 Å². The normalized spacial score (nSPS) is 10.9. The lowest BCUT2D eigenvalue weighted by molar-refractivity contribution is 0.619. The molecule has 0 saturated carbocycles. The summed E-state index contributed by atoms with van der Waals surface area (Å²) in [6.07, 6.45) is 4.36. The van der Waals surface area contributed by atoms with Crippen molar-refractivity contribution in [2.45, 2.75) is 0 Å². The molecule has 3 rings (SSSR count). The molecule has 3 nitrogen and oxygen atoms in total.